The van der Waals surface area contributed by atoms with Crippen LogP contribution in [0.3, 0.4) is 0 Å². The molecule has 336 valence electrons. The third-order valence-corrected chi connectivity index (χ3v) is 13.6. The first-order chi connectivity index (χ1) is 29.7. The number of benzene rings is 2. The van der Waals surface area contributed by atoms with Gasteiger partial charge >= 0.3 is 29.9 Å². The zero-order chi connectivity index (χ0) is 45.8. The molecule has 2 bridgehead atoms. The molecule has 3 fully saturated rings. The molecule has 2 amide bonds. The van der Waals surface area contributed by atoms with Crippen molar-refractivity contribution < 1.29 is 72.2 Å². The minimum atomic E-state index is -2.41. The average Bonchev–Trinajstić information content (AvgIpc) is 3.78. The first kappa shape index (κ1) is 45.2. The number of esters is 4. The number of ether oxygens (including phenoxy) is 5. The molecule has 3 aromatic rings. The molecule has 0 spiro atoms. The maximum absolute atomic E-state index is 15.5. The maximum atomic E-state index is 15.5. The third-order valence-electron chi connectivity index (χ3n) is 13.6. The summed E-state index contributed by atoms with van der Waals surface area (Å²) in [5.41, 5.74) is -7.26. The van der Waals surface area contributed by atoms with Crippen LogP contribution in [0, 0.1) is 16.7 Å². The lowest BCUT2D eigenvalue weighted by molar-refractivity contribution is -0.346. The number of aliphatic hydroxyl groups excluding tert-OH is 2. The van der Waals surface area contributed by atoms with Crippen LogP contribution in [0.5, 0.6) is 0 Å². The molecule has 2 aromatic carbocycles. The van der Waals surface area contributed by atoms with Crippen LogP contribution < -0.4 is 10.2 Å². The molecule has 4 N–H and O–H groups in total. The Kier molecular flexibility index (Phi) is 12.0. The number of hydrogen-bond donors (Lipinski definition) is 4. The standard InChI is InChI=1S/C46H52N2O15/c1-24-30(61-41(55)35(52)34(29-19-14-20-58-29)47-42(56)48(7)28-17-12-9-13-18-28)22-46(57)39(62-40(54)27-15-10-8-11-16-27)37-44(6,31(51)21-32-45(37,23-59-32)63-26(3)50)38(53)36(60-25(2)49)33(24)43(46,4)5/h8-20,30-32,34-37,39,51-52,57H,21-23H2,1-7H3,(H,47,56)/t30?,31?,32?,34?,35?,36?,37?,39?,44-,45+,46?/m1/s1. The van der Waals surface area contributed by atoms with Crippen molar-refractivity contribution in [1.82, 2.24) is 5.32 Å². The number of carbonyl (C=O) groups is 6. The summed E-state index contributed by atoms with van der Waals surface area (Å²) in [6.45, 7) is 7.89. The molecule has 7 rings (SSSR count). The Hall–Kier alpha value is -5.88. The molecule has 17 heteroatoms. The van der Waals surface area contributed by atoms with E-state index in [9.17, 15) is 39.3 Å². The van der Waals surface area contributed by atoms with Crippen molar-refractivity contribution in [3.63, 3.8) is 0 Å². The van der Waals surface area contributed by atoms with Crippen molar-refractivity contribution in [2.75, 3.05) is 18.6 Å². The number of amides is 2. The fourth-order valence-electron chi connectivity index (χ4n) is 10.1. The lowest BCUT2D eigenvalue weighted by Crippen LogP contribution is -2.82. The van der Waals surface area contributed by atoms with E-state index in [1.807, 2.05) is 0 Å². The number of urea groups is 1. The number of anilines is 1. The molecule has 9 unspecified atom stereocenters. The molecule has 4 aliphatic rings. The van der Waals surface area contributed by atoms with E-state index >= 15 is 4.79 Å². The van der Waals surface area contributed by atoms with E-state index in [0.717, 1.165) is 13.8 Å². The van der Waals surface area contributed by atoms with E-state index in [-0.39, 0.29) is 35.5 Å². The summed E-state index contributed by atoms with van der Waals surface area (Å²) in [7, 11) is 1.49. The summed E-state index contributed by atoms with van der Waals surface area (Å²) in [5, 5.41) is 40.1. The van der Waals surface area contributed by atoms with Gasteiger partial charge in [-0.25, -0.2) is 14.4 Å². The second-order valence-corrected chi connectivity index (χ2v) is 17.5. The maximum Gasteiger partial charge on any atom is 0.338 e. The summed E-state index contributed by atoms with van der Waals surface area (Å²) < 4.78 is 35.7. The van der Waals surface area contributed by atoms with Gasteiger partial charge in [-0.05, 0) is 61.4 Å². The number of aliphatic hydroxyl groups is 3. The van der Waals surface area contributed by atoms with E-state index in [2.05, 4.69) is 5.32 Å². The molecular weight excluding hydrogens is 821 g/mol. The molecule has 1 saturated heterocycles. The van der Waals surface area contributed by atoms with Gasteiger partial charge in [0.15, 0.2) is 23.6 Å². The Balaban J connectivity index is 1.36. The lowest BCUT2D eigenvalue weighted by atomic mass is 9.44. The molecule has 11 atom stereocenters. The summed E-state index contributed by atoms with van der Waals surface area (Å²) in [6, 6.07) is 17.1. The van der Waals surface area contributed by atoms with Crippen LogP contribution in [0.1, 0.15) is 76.5 Å². The fraction of sp³-hybridized carbons (Fsp3) is 0.478. The van der Waals surface area contributed by atoms with E-state index in [1.54, 1.807) is 62.4 Å². The van der Waals surface area contributed by atoms with Crippen molar-refractivity contribution in [3.05, 3.63) is 102 Å². The van der Waals surface area contributed by atoms with Crippen molar-refractivity contribution in [2.45, 2.75) is 108 Å². The highest BCUT2D eigenvalue weighted by atomic mass is 16.6. The Bertz CT molecular complexity index is 2300. The molecule has 2 saturated carbocycles. The normalized spacial score (nSPS) is 31.6. The molecule has 1 aliphatic heterocycles. The number of ketones is 1. The smallest absolute Gasteiger partial charge is 0.338 e. The van der Waals surface area contributed by atoms with Crippen molar-refractivity contribution in [1.29, 1.82) is 0 Å². The van der Waals surface area contributed by atoms with Gasteiger partial charge in [0.05, 0.1) is 35.9 Å². The van der Waals surface area contributed by atoms with Crippen LogP contribution in [0.4, 0.5) is 10.5 Å². The van der Waals surface area contributed by atoms with Gasteiger partial charge in [0.25, 0.3) is 0 Å². The average molecular weight is 873 g/mol. The molecule has 17 nitrogen and oxygen atoms in total. The van der Waals surface area contributed by atoms with Gasteiger partial charge in [0.1, 0.15) is 35.7 Å². The number of nitrogens with zero attached hydrogens (tertiary/aromatic N) is 1. The minimum Gasteiger partial charge on any atom is -0.467 e. The third kappa shape index (κ3) is 7.49. The fourth-order valence-corrected chi connectivity index (χ4v) is 10.1. The van der Waals surface area contributed by atoms with Gasteiger partial charge < -0.3 is 48.7 Å². The molecule has 1 aromatic heterocycles. The van der Waals surface area contributed by atoms with Crippen LogP contribution in [-0.4, -0.2) is 112 Å². The van der Waals surface area contributed by atoms with Crippen LogP contribution >= 0.6 is 0 Å². The van der Waals surface area contributed by atoms with E-state index < -0.39 is 113 Å². The van der Waals surface area contributed by atoms with E-state index in [4.69, 9.17) is 28.1 Å². The number of hydrogen-bond acceptors (Lipinski definition) is 15. The highest BCUT2D eigenvalue weighted by Gasteiger charge is 2.78. The van der Waals surface area contributed by atoms with Crippen LogP contribution in [-0.2, 0) is 42.9 Å². The molecular formula is C46H52N2O15. The Labute approximate surface area is 363 Å². The summed E-state index contributed by atoms with van der Waals surface area (Å²) in [6.07, 6.45) is -9.45. The number of furan rings is 1. The van der Waals surface area contributed by atoms with Crippen molar-refractivity contribution in [3.8, 4) is 0 Å². The number of nitrogens with one attached hydrogen (secondary N) is 1. The molecule has 2 heterocycles. The van der Waals surface area contributed by atoms with E-state index in [0.29, 0.717) is 5.69 Å². The summed E-state index contributed by atoms with van der Waals surface area (Å²) in [5.74, 6) is -6.38. The predicted molar refractivity (Wildman–Crippen MR) is 219 cm³/mol. The minimum absolute atomic E-state index is 0.00510. The van der Waals surface area contributed by atoms with Crippen LogP contribution in [0.25, 0.3) is 0 Å². The van der Waals surface area contributed by atoms with Gasteiger partial charge in [-0.1, -0.05) is 50.2 Å². The SMILES string of the molecule is CC(=O)OC1C(=O)[C@]2(C)C(O)CC3OC[C@@]3(OC(C)=O)C2C(OC(=O)c2ccccc2)C2(O)CC(OC(=O)C(O)C(NC(=O)N(C)c3ccccc3)c3ccco3)C(C)=C1C2(C)C. The van der Waals surface area contributed by atoms with Crippen molar-refractivity contribution in [2.24, 2.45) is 16.7 Å². The number of carbonyl (C=O) groups excluding carboxylic acids is 6. The van der Waals surface area contributed by atoms with Gasteiger partial charge in [-0.3, -0.25) is 19.3 Å². The quantitative estimate of drug-likeness (QED) is 0.129. The monoisotopic (exact) mass is 872 g/mol. The Morgan fingerprint density at radius 2 is 1.56 bits per heavy atom. The molecule has 3 aliphatic carbocycles. The predicted octanol–water partition coefficient (Wildman–Crippen LogP) is 3.74. The van der Waals surface area contributed by atoms with Crippen molar-refractivity contribution >= 4 is 41.4 Å². The Morgan fingerprint density at radius 3 is 2.13 bits per heavy atom. The number of fused-ring (bicyclic) bond motifs is 5. The highest BCUT2D eigenvalue weighted by Crippen LogP contribution is 2.64. The summed E-state index contributed by atoms with van der Waals surface area (Å²) in [4.78, 5) is 84.8. The van der Waals surface area contributed by atoms with Crippen LogP contribution in [0.15, 0.2) is 94.6 Å². The molecule has 63 heavy (non-hydrogen) atoms. The first-order valence-corrected chi connectivity index (χ1v) is 20.6. The zero-order valence-electron chi connectivity index (χ0n) is 35.9. The highest BCUT2D eigenvalue weighted by molar-refractivity contribution is 5.96. The molecule has 0 radical (unpaired) electrons. The number of Topliss-reactive ketones (excluding diaryl/α,β-unsaturated/α-hetero) is 1. The largest absolute Gasteiger partial charge is 0.467 e. The number of rotatable bonds is 10. The second kappa shape index (κ2) is 16.7. The van der Waals surface area contributed by atoms with Gasteiger partial charge in [0.2, 0.25) is 0 Å². The number of para-hydroxylation sites is 1. The second-order valence-electron chi connectivity index (χ2n) is 17.5. The van der Waals surface area contributed by atoms with E-state index in [1.165, 1.54) is 56.3 Å². The van der Waals surface area contributed by atoms with Crippen LogP contribution in [0.2, 0.25) is 0 Å². The van der Waals surface area contributed by atoms with Gasteiger partial charge in [0, 0.05) is 44.8 Å². The Morgan fingerprint density at radius 1 is 0.905 bits per heavy atom. The first-order valence-electron chi connectivity index (χ1n) is 20.6. The van der Waals surface area contributed by atoms with Gasteiger partial charge in [-0.2, -0.15) is 0 Å². The van der Waals surface area contributed by atoms with Gasteiger partial charge in [-0.15, -0.1) is 0 Å². The summed E-state index contributed by atoms with van der Waals surface area (Å²) >= 11 is 0. The lowest BCUT2D eigenvalue weighted by Gasteiger charge is -2.67. The topological polar surface area (TPSA) is 238 Å². The zero-order valence-corrected chi connectivity index (χ0v) is 35.9.